The average Bonchev–Trinajstić information content (AvgIpc) is 2.68. The van der Waals surface area contributed by atoms with Crippen LogP contribution in [0.5, 0.6) is 0 Å². The number of nitrogens with zero attached hydrogens (tertiary/aromatic N) is 2. The molecule has 0 amide bonds. The molecule has 0 fully saturated rings. The number of para-hydroxylation sites is 1. The zero-order chi connectivity index (χ0) is 11.8. The summed E-state index contributed by atoms with van der Waals surface area (Å²) in [5.41, 5.74) is 0.532. The summed E-state index contributed by atoms with van der Waals surface area (Å²) in [5.74, 6) is -0.493. The maximum atomic E-state index is 13.0. The van der Waals surface area contributed by atoms with Gasteiger partial charge in [-0.15, -0.1) is 0 Å². The fraction of sp³-hybridized carbons (Fsp3) is 0. The molecule has 0 saturated carbocycles. The number of aromatic nitrogens is 2. The van der Waals surface area contributed by atoms with Crippen LogP contribution in [0.25, 0.3) is 15.9 Å². The van der Waals surface area contributed by atoms with Gasteiger partial charge < -0.3 is 0 Å². The minimum absolute atomic E-state index is 0.233. The van der Waals surface area contributed by atoms with Gasteiger partial charge >= 0.3 is 0 Å². The van der Waals surface area contributed by atoms with E-state index in [1.807, 2.05) is 30.3 Å². The molecule has 0 aliphatic rings. The molecule has 3 nitrogen and oxygen atoms in total. The molecule has 2 aromatic heterocycles. The molecule has 0 aliphatic carbocycles. The fourth-order valence-corrected chi connectivity index (χ4v) is 2.55. The number of fused-ring (bicyclic) bond motifs is 1. The summed E-state index contributed by atoms with van der Waals surface area (Å²) in [7, 11) is 0. The van der Waals surface area contributed by atoms with Gasteiger partial charge in [0.25, 0.3) is 5.56 Å². The number of rotatable bonds is 1. The maximum absolute atomic E-state index is 13.0. The fourth-order valence-electron chi connectivity index (χ4n) is 1.62. The molecular formula is C12H7FN2OS. The quantitative estimate of drug-likeness (QED) is 0.661. The van der Waals surface area contributed by atoms with E-state index >= 15 is 0 Å². The summed E-state index contributed by atoms with van der Waals surface area (Å²) in [5, 5.41) is 0.318. The van der Waals surface area contributed by atoms with Gasteiger partial charge in [0.15, 0.2) is 0 Å². The lowest BCUT2D eigenvalue weighted by Gasteiger charge is -1.97. The first-order valence-electron chi connectivity index (χ1n) is 4.99. The van der Waals surface area contributed by atoms with Crippen molar-refractivity contribution >= 4 is 21.7 Å². The van der Waals surface area contributed by atoms with Crippen LogP contribution in [-0.4, -0.2) is 8.94 Å². The van der Waals surface area contributed by atoms with Crippen LogP contribution in [-0.2, 0) is 0 Å². The van der Waals surface area contributed by atoms with E-state index in [2.05, 4.69) is 4.98 Å². The minimum Gasteiger partial charge on any atom is -0.267 e. The lowest BCUT2D eigenvalue weighted by molar-refractivity contribution is 0.624. The van der Waals surface area contributed by atoms with Gasteiger partial charge in [0.2, 0.25) is 0 Å². The summed E-state index contributed by atoms with van der Waals surface area (Å²) in [4.78, 5) is 16.5. The standard InChI is InChI=1S/C12H7FN2OS/c13-8-6-10-11(14-7-8)17-15(12(10)16)9-4-2-1-3-5-9/h1-7H. The van der Waals surface area contributed by atoms with Crippen molar-refractivity contribution in [2.75, 3.05) is 0 Å². The SMILES string of the molecule is O=c1c2cc(F)cnc2sn1-c1ccccc1. The van der Waals surface area contributed by atoms with Crippen LogP contribution in [0.3, 0.4) is 0 Å². The molecule has 0 N–H and O–H groups in total. The maximum Gasteiger partial charge on any atom is 0.274 e. The van der Waals surface area contributed by atoms with Crippen LogP contribution in [0.2, 0.25) is 0 Å². The highest BCUT2D eigenvalue weighted by Gasteiger charge is 2.10. The van der Waals surface area contributed by atoms with Gasteiger partial charge in [-0.3, -0.25) is 4.79 Å². The van der Waals surface area contributed by atoms with Crippen molar-refractivity contribution in [1.29, 1.82) is 0 Å². The highest BCUT2D eigenvalue weighted by Crippen LogP contribution is 2.18. The molecule has 0 atom stereocenters. The molecule has 0 spiro atoms. The lowest BCUT2D eigenvalue weighted by Crippen LogP contribution is -2.10. The van der Waals surface area contributed by atoms with Gasteiger partial charge in [0.05, 0.1) is 17.3 Å². The largest absolute Gasteiger partial charge is 0.274 e. The first kappa shape index (κ1) is 10.2. The third-order valence-electron chi connectivity index (χ3n) is 2.40. The molecule has 0 radical (unpaired) electrons. The monoisotopic (exact) mass is 246 g/mol. The Morgan fingerprint density at radius 2 is 2.00 bits per heavy atom. The van der Waals surface area contributed by atoms with Crippen molar-refractivity contribution in [1.82, 2.24) is 8.94 Å². The molecule has 17 heavy (non-hydrogen) atoms. The van der Waals surface area contributed by atoms with Gasteiger partial charge in [0.1, 0.15) is 10.6 Å². The van der Waals surface area contributed by atoms with Crippen LogP contribution in [0, 0.1) is 5.82 Å². The van der Waals surface area contributed by atoms with E-state index in [0.29, 0.717) is 10.2 Å². The molecule has 5 heteroatoms. The third kappa shape index (κ3) is 1.64. The van der Waals surface area contributed by atoms with Crippen molar-refractivity contribution in [3.05, 3.63) is 58.8 Å². The second kappa shape index (κ2) is 3.78. The Bertz CT molecular complexity index is 733. The van der Waals surface area contributed by atoms with Crippen molar-refractivity contribution < 1.29 is 4.39 Å². The summed E-state index contributed by atoms with van der Waals surface area (Å²) in [6.07, 6.45) is 1.12. The predicted octanol–water partition coefficient (Wildman–Crippen LogP) is 2.59. The Balaban J connectivity index is 2.33. The second-order valence-corrected chi connectivity index (χ2v) is 4.47. The Morgan fingerprint density at radius 3 is 2.76 bits per heavy atom. The topological polar surface area (TPSA) is 34.9 Å². The second-order valence-electron chi connectivity index (χ2n) is 3.53. The summed E-state index contributed by atoms with van der Waals surface area (Å²) >= 11 is 1.21. The highest BCUT2D eigenvalue weighted by molar-refractivity contribution is 7.13. The molecule has 0 aliphatic heterocycles. The zero-order valence-corrected chi connectivity index (χ0v) is 9.45. The molecule has 0 bridgehead atoms. The Kier molecular flexibility index (Phi) is 2.26. The van der Waals surface area contributed by atoms with E-state index in [1.54, 1.807) is 0 Å². The molecule has 1 aromatic carbocycles. The molecule has 84 valence electrons. The van der Waals surface area contributed by atoms with Gasteiger partial charge in [-0.1, -0.05) is 18.2 Å². The van der Waals surface area contributed by atoms with Crippen molar-refractivity contribution in [2.45, 2.75) is 0 Å². The molecule has 0 unspecified atom stereocenters. The summed E-state index contributed by atoms with van der Waals surface area (Å²) < 4.78 is 14.5. The first-order chi connectivity index (χ1) is 8.25. The van der Waals surface area contributed by atoms with Gasteiger partial charge in [0, 0.05) is 0 Å². The van der Waals surface area contributed by atoms with Crippen LogP contribution < -0.4 is 5.56 Å². The van der Waals surface area contributed by atoms with E-state index in [9.17, 15) is 9.18 Å². The van der Waals surface area contributed by atoms with Crippen LogP contribution >= 0.6 is 11.5 Å². The Hall–Kier alpha value is -2.01. The van der Waals surface area contributed by atoms with E-state index in [4.69, 9.17) is 0 Å². The van der Waals surface area contributed by atoms with E-state index in [-0.39, 0.29) is 5.56 Å². The van der Waals surface area contributed by atoms with Crippen molar-refractivity contribution in [2.24, 2.45) is 0 Å². The van der Waals surface area contributed by atoms with E-state index in [0.717, 1.165) is 11.9 Å². The normalized spacial score (nSPS) is 10.9. The van der Waals surface area contributed by atoms with Gasteiger partial charge in [-0.25, -0.2) is 13.3 Å². The molecule has 3 rings (SSSR count). The molecule has 0 saturated heterocycles. The third-order valence-corrected chi connectivity index (χ3v) is 3.46. The highest BCUT2D eigenvalue weighted by atomic mass is 32.1. The predicted molar refractivity (Wildman–Crippen MR) is 65.2 cm³/mol. The van der Waals surface area contributed by atoms with Crippen LogP contribution in [0.15, 0.2) is 47.4 Å². The van der Waals surface area contributed by atoms with E-state index < -0.39 is 5.82 Å². The molecule has 3 aromatic rings. The number of hydrogen-bond acceptors (Lipinski definition) is 3. The number of benzene rings is 1. The Labute approximate surface area is 99.9 Å². The minimum atomic E-state index is -0.493. The number of hydrogen-bond donors (Lipinski definition) is 0. The number of halogens is 1. The van der Waals surface area contributed by atoms with Gasteiger partial charge in [-0.2, -0.15) is 0 Å². The van der Waals surface area contributed by atoms with Crippen LogP contribution in [0.1, 0.15) is 0 Å². The first-order valence-corrected chi connectivity index (χ1v) is 5.76. The summed E-state index contributed by atoms with van der Waals surface area (Å²) in [6.45, 7) is 0. The van der Waals surface area contributed by atoms with E-state index in [1.165, 1.54) is 21.6 Å². The van der Waals surface area contributed by atoms with Crippen molar-refractivity contribution in [3.8, 4) is 5.69 Å². The average molecular weight is 246 g/mol. The van der Waals surface area contributed by atoms with Gasteiger partial charge in [-0.05, 0) is 29.7 Å². The summed E-state index contributed by atoms with van der Waals surface area (Å²) in [6, 6.07) is 10.4. The Morgan fingerprint density at radius 1 is 1.24 bits per heavy atom. The van der Waals surface area contributed by atoms with Crippen LogP contribution in [0.4, 0.5) is 4.39 Å². The van der Waals surface area contributed by atoms with Crippen molar-refractivity contribution in [3.63, 3.8) is 0 Å². The number of pyridine rings is 1. The smallest absolute Gasteiger partial charge is 0.267 e. The molecular weight excluding hydrogens is 239 g/mol. The lowest BCUT2D eigenvalue weighted by atomic mass is 10.3. The zero-order valence-electron chi connectivity index (χ0n) is 8.63. The molecule has 2 heterocycles.